The van der Waals surface area contributed by atoms with Gasteiger partial charge in [-0.3, -0.25) is 4.79 Å². The van der Waals surface area contributed by atoms with Crippen LogP contribution in [0.1, 0.15) is 28.4 Å². The van der Waals surface area contributed by atoms with Gasteiger partial charge in [0.05, 0.1) is 11.6 Å². The van der Waals surface area contributed by atoms with Crippen LogP contribution in [-0.2, 0) is 9.53 Å². The fourth-order valence-electron chi connectivity index (χ4n) is 1.97. The Labute approximate surface area is 139 Å². The molecule has 0 bridgehead atoms. The average Bonchev–Trinajstić information content (AvgIpc) is 2.57. The summed E-state index contributed by atoms with van der Waals surface area (Å²) >= 11 is 0. The molecule has 6 heteroatoms. The SMILES string of the molecule is Cc1cccc(C(=O)O[C@@H](C)C(=O)Nc2ccc(C#N)cc2)c1O. The van der Waals surface area contributed by atoms with E-state index in [4.69, 9.17) is 10.00 Å². The van der Waals surface area contributed by atoms with Crippen LogP contribution in [0.15, 0.2) is 42.5 Å². The third kappa shape index (κ3) is 3.90. The van der Waals surface area contributed by atoms with Gasteiger partial charge in [-0.25, -0.2) is 4.79 Å². The van der Waals surface area contributed by atoms with Crippen molar-refractivity contribution in [1.82, 2.24) is 0 Å². The monoisotopic (exact) mass is 324 g/mol. The van der Waals surface area contributed by atoms with Gasteiger partial charge in [0, 0.05) is 5.69 Å². The molecule has 0 aromatic heterocycles. The van der Waals surface area contributed by atoms with Crippen LogP contribution in [0.5, 0.6) is 5.75 Å². The van der Waals surface area contributed by atoms with Crippen LogP contribution in [0.2, 0.25) is 0 Å². The summed E-state index contributed by atoms with van der Waals surface area (Å²) in [7, 11) is 0. The fraction of sp³-hybridized carbons (Fsp3) is 0.167. The highest BCUT2D eigenvalue weighted by atomic mass is 16.5. The topological polar surface area (TPSA) is 99.4 Å². The zero-order chi connectivity index (χ0) is 17.7. The molecule has 24 heavy (non-hydrogen) atoms. The molecule has 0 aliphatic heterocycles. The molecule has 0 spiro atoms. The number of aromatic hydroxyl groups is 1. The van der Waals surface area contributed by atoms with E-state index in [2.05, 4.69) is 5.32 Å². The van der Waals surface area contributed by atoms with Gasteiger partial charge in [0.25, 0.3) is 5.91 Å². The minimum absolute atomic E-state index is 0.00743. The number of ether oxygens (including phenoxy) is 1. The largest absolute Gasteiger partial charge is 0.507 e. The molecule has 6 nitrogen and oxygen atoms in total. The number of amides is 1. The summed E-state index contributed by atoms with van der Waals surface area (Å²) in [5.41, 5.74) is 1.51. The van der Waals surface area contributed by atoms with E-state index in [1.807, 2.05) is 6.07 Å². The van der Waals surface area contributed by atoms with Crippen molar-refractivity contribution in [3.8, 4) is 11.8 Å². The first-order chi connectivity index (χ1) is 11.4. The molecule has 2 aromatic carbocycles. The predicted octanol–water partition coefficient (Wildman–Crippen LogP) is 2.76. The van der Waals surface area contributed by atoms with E-state index in [1.165, 1.54) is 13.0 Å². The van der Waals surface area contributed by atoms with Gasteiger partial charge in [-0.15, -0.1) is 0 Å². The van der Waals surface area contributed by atoms with E-state index < -0.39 is 18.0 Å². The van der Waals surface area contributed by atoms with E-state index in [1.54, 1.807) is 43.3 Å². The first-order valence-corrected chi connectivity index (χ1v) is 7.23. The third-order valence-electron chi connectivity index (χ3n) is 3.39. The number of esters is 1. The number of nitrogens with zero attached hydrogens (tertiary/aromatic N) is 1. The molecule has 1 amide bonds. The van der Waals surface area contributed by atoms with Crippen molar-refractivity contribution >= 4 is 17.6 Å². The van der Waals surface area contributed by atoms with Gasteiger partial charge in [-0.2, -0.15) is 5.26 Å². The molecular formula is C18H16N2O4. The molecule has 0 saturated heterocycles. The highest BCUT2D eigenvalue weighted by Gasteiger charge is 2.21. The Morgan fingerprint density at radius 3 is 2.50 bits per heavy atom. The van der Waals surface area contributed by atoms with Crippen LogP contribution in [0, 0.1) is 18.3 Å². The van der Waals surface area contributed by atoms with E-state index in [9.17, 15) is 14.7 Å². The maximum atomic E-state index is 12.1. The van der Waals surface area contributed by atoms with E-state index >= 15 is 0 Å². The fourth-order valence-corrected chi connectivity index (χ4v) is 1.97. The number of carbonyl (C=O) groups is 2. The second-order valence-electron chi connectivity index (χ2n) is 5.20. The van der Waals surface area contributed by atoms with Crippen LogP contribution < -0.4 is 5.32 Å². The van der Waals surface area contributed by atoms with Gasteiger partial charge in [0.2, 0.25) is 0 Å². The van der Waals surface area contributed by atoms with Crippen LogP contribution in [0.3, 0.4) is 0 Å². The van der Waals surface area contributed by atoms with Crippen LogP contribution in [-0.4, -0.2) is 23.1 Å². The third-order valence-corrected chi connectivity index (χ3v) is 3.39. The summed E-state index contributed by atoms with van der Waals surface area (Å²) in [6.45, 7) is 3.09. The van der Waals surface area contributed by atoms with Crippen LogP contribution >= 0.6 is 0 Å². The number of phenolic OH excluding ortho intramolecular Hbond substituents is 1. The number of hydrogen-bond donors (Lipinski definition) is 2. The molecular weight excluding hydrogens is 308 g/mol. The van der Waals surface area contributed by atoms with Crippen molar-refractivity contribution in [2.24, 2.45) is 0 Å². The van der Waals surface area contributed by atoms with Gasteiger partial charge in [0.1, 0.15) is 11.3 Å². The summed E-state index contributed by atoms with van der Waals surface area (Å²) in [6.07, 6.45) is -1.05. The summed E-state index contributed by atoms with van der Waals surface area (Å²) in [5.74, 6) is -1.46. The van der Waals surface area contributed by atoms with Gasteiger partial charge < -0.3 is 15.2 Å². The number of phenols is 1. The molecule has 0 unspecified atom stereocenters. The van der Waals surface area contributed by atoms with Crippen molar-refractivity contribution in [2.45, 2.75) is 20.0 Å². The summed E-state index contributed by atoms with van der Waals surface area (Å²) in [5, 5.41) is 21.2. The number of rotatable bonds is 4. The van der Waals surface area contributed by atoms with E-state index in [-0.39, 0.29) is 11.3 Å². The molecule has 1 atom stereocenters. The summed E-state index contributed by atoms with van der Waals surface area (Å²) < 4.78 is 5.09. The normalized spacial score (nSPS) is 11.2. The maximum Gasteiger partial charge on any atom is 0.342 e. The number of anilines is 1. The Kier molecular flexibility index (Phi) is 5.17. The zero-order valence-corrected chi connectivity index (χ0v) is 13.2. The van der Waals surface area contributed by atoms with Crippen molar-refractivity contribution < 1.29 is 19.4 Å². The van der Waals surface area contributed by atoms with E-state index in [0.29, 0.717) is 16.8 Å². The Morgan fingerprint density at radius 1 is 1.21 bits per heavy atom. The standard InChI is InChI=1S/C18H16N2O4/c1-11-4-3-5-15(16(11)21)18(23)24-12(2)17(22)20-14-8-6-13(10-19)7-9-14/h3-9,12,21H,1-2H3,(H,20,22)/t12-/m0/s1. The number of nitriles is 1. The second-order valence-corrected chi connectivity index (χ2v) is 5.20. The number of carbonyl (C=O) groups excluding carboxylic acids is 2. The highest BCUT2D eigenvalue weighted by Crippen LogP contribution is 2.22. The highest BCUT2D eigenvalue weighted by molar-refractivity contribution is 5.98. The van der Waals surface area contributed by atoms with Gasteiger partial charge >= 0.3 is 5.97 Å². The quantitative estimate of drug-likeness (QED) is 0.842. The van der Waals surface area contributed by atoms with Crippen molar-refractivity contribution in [3.63, 3.8) is 0 Å². The minimum atomic E-state index is -1.05. The molecule has 122 valence electrons. The van der Waals surface area contributed by atoms with Gasteiger partial charge in [0.15, 0.2) is 6.10 Å². The summed E-state index contributed by atoms with van der Waals surface area (Å²) in [4.78, 5) is 24.1. The predicted molar refractivity (Wildman–Crippen MR) is 87.5 cm³/mol. The minimum Gasteiger partial charge on any atom is -0.507 e. The van der Waals surface area contributed by atoms with Crippen LogP contribution in [0.4, 0.5) is 5.69 Å². The molecule has 0 saturated carbocycles. The van der Waals surface area contributed by atoms with Crippen molar-refractivity contribution in [1.29, 1.82) is 5.26 Å². The Hall–Kier alpha value is -3.33. The lowest BCUT2D eigenvalue weighted by molar-refractivity contribution is -0.123. The van der Waals surface area contributed by atoms with Crippen LogP contribution in [0.25, 0.3) is 0 Å². The Morgan fingerprint density at radius 2 is 1.88 bits per heavy atom. The van der Waals surface area contributed by atoms with E-state index in [0.717, 1.165) is 0 Å². The zero-order valence-electron chi connectivity index (χ0n) is 13.2. The molecule has 0 aliphatic rings. The van der Waals surface area contributed by atoms with Crippen molar-refractivity contribution in [3.05, 3.63) is 59.2 Å². The molecule has 2 N–H and O–H groups in total. The lowest BCUT2D eigenvalue weighted by atomic mass is 10.1. The van der Waals surface area contributed by atoms with Gasteiger partial charge in [-0.05, 0) is 49.7 Å². The smallest absolute Gasteiger partial charge is 0.342 e. The summed E-state index contributed by atoms with van der Waals surface area (Å²) in [6, 6.07) is 13.0. The Balaban J connectivity index is 2.01. The average molecular weight is 324 g/mol. The number of para-hydroxylation sites is 1. The number of hydrogen-bond acceptors (Lipinski definition) is 5. The lowest BCUT2D eigenvalue weighted by Gasteiger charge is -2.14. The number of nitrogens with one attached hydrogen (secondary N) is 1. The number of benzene rings is 2. The first-order valence-electron chi connectivity index (χ1n) is 7.23. The van der Waals surface area contributed by atoms with Crippen molar-refractivity contribution in [2.75, 3.05) is 5.32 Å². The molecule has 0 heterocycles. The first kappa shape index (κ1) is 17.0. The van der Waals surface area contributed by atoms with Gasteiger partial charge in [-0.1, -0.05) is 12.1 Å². The molecule has 0 radical (unpaired) electrons. The molecule has 0 aliphatic carbocycles. The lowest BCUT2D eigenvalue weighted by Crippen LogP contribution is -2.30. The molecule has 2 aromatic rings. The Bertz CT molecular complexity index is 807. The second kappa shape index (κ2) is 7.29. The molecule has 2 rings (SSSR count). The maximum absolute atomic E-state index is 12.1. The number of aryl methyl sites for hydroxylation is 1. The molecule has 0 fully saturated rings.